The van der Waals surface area contributed by atoms with Gasteiger partial charge in [0.05, 0.1) is 5.69 Å². The molecule has 0 atom stereocenters. The molecule has 0 bridgehead atoms. The molecule has 0 saturated carbocycles. The Morgan fingerprint density at radius 1 is 0.950 bits per heavy atom. The summed E-state index contributed by atoms with van der Waals surface area (Å²) in [7, 11) is 0. The first-order valence-corrected chi connectivity index (χ1v) is 7.37. The lowest BCUT2D eigenvalue weighted by Gasteiger charge is -2.15. The molecule has 2 heteroatoms. The van der Waals surface area contributed by atoms with Crippen LogP contribution in [0.1, 0.15) is 29.5 Å². The molecule has 2 nitrogen and oxygen atoms in total. The van der Waals surface area contributed by atoms with Crippen LogP contribution in [0.4, 0.5) is 0 Å². The van der Waals surface area contributed by atoms with Crippen molar-refractivity contribution in [3.8, 4) is 11.3 Å². The number of rotatable bonds is 1. The van der Waals surface area contributed by atoms with Gasteiger partial charge in [-0.05, 0) is 61.4 Å². The minimum absolute atomic E-state index is 1.02. The number of aromatic nitrogens is 2. The SMILES string of the molecule is Cc1ccc2nc(-c3ccc4c(c3)CCCC4)cn2c1. The molecule has 0 saturated heterocycles. The highest BCUT2D eigenvalue weighted by atomic mass is 15.0. The van der Waals surface area contributed by atoms with E-state index in [0.29, 0.717) is 0 Å². The molecule has 0 unspecified atom stereocenters. The molecule has 4 rings (SSSR count). The normalized spacial score (nSPS) is 14.4. The van der Waals surface area contributed by atoms with E-state index in [9.17, 15) is 0 Å². The van der Waals surface area contributed by atoms with Crippen LogP contribution < -0.4 is 0 Å². The molecule has 1 aromatic carbocycles. The molecule has 0 aliphatic heterocycles. The second-order valence-electron chi connectivity index (χ2n) is 5.79. The largest absolute Gasteiger partial charge is 0.306 e. The molecule has 0 N–H and O–H groups in total. The number of aryl methyl sites for hydroxylation is 3. The van der Waals surface area contributed by atoms with Gasteiger partial charge in [0, 0.05) is 18.0 Å². The maximum Gasteiger partial charge on any atom is 0.137 e. The fourth-order valence-corrected chi connectivity index (χ4v) is 3.13. The Labute approximate surface area is 119 Å². The summed E-state index contributed by atoms with van der Waals surface area (Å²) in [4.78, 5) is 4.74. The summed E-state index contributed by atoms with van der Waals surface area (Å²) in [5.41, 5.74) is 7.63. The molecule has 100 valence electrons. The Morgan fingerprint density at radius 2 is 1.80 bits per heavy atom. The van der Waals surface area contributed by atoms with Gasteiger partial charge in [0.15, 0.2) is 0 Å². The molecule has 20 heavy (non-hydrogen) atoms. The van der Waals surface area contributed by atoms with Gasteiger partial charge < -0.3 is 4.40 Å². The average molecular weight is 262 g/mol. The van der Waals surface area contributed by atoms with Crippen LogP contribution in [-0.4, -0.2) is 9.38 Å². The fourth-order valence-electron chi connectivity index (χ4n) is 3.13. The molecular formula is C18H18N2. The number of pyridine rings is 1. The topological polar surface area (TPSA) is 17.3 Å². The third kappa shape index (κ3) is 1.92. The fraction of sp³-hybridized carbons (Fsp3) is 0.278. The predicted octanol–water partition coefficient (Wildman–Crippen LogP) is 4.19. The van der Waals surface area contributed by atoms with Gasteiger partial charge in [0.25, 0.3) is 0 Å². The van der Waals surface area contributed by atoms with Crippen LogP contribution >= 0.6 is 0 Å². The second-order valence-corrected chi connectivity index (χ2v) is 5.79. The highest BCUT2D eigenvalue weighted by Gasteiger charge is 2.11. The van der Waals surface area contributed by atoms with Crippen LogP contribution in [0.15, 0.2) is 42.7 Å². The van der Waals surface area contributed by atoms with Gasteiger partial charge in [-0.1, -0.05) is 18.2 Å². The van der Waals surface area contributed by atoms with E-state index in [1.165, 1.54) is 47.9 Å². The summed E-state index contributed by atoms with van der Waals surface area (Å²) < 4.78 is 2.12. The van der Waals surface area contributed by atoms with Gasteiger partial charge >= 0.3 is 0 Å². The van der Waals surface area contributed by atoms with Crippen molar-refractivity contribution in [1.29, 1.82) is 0 Å². The smallest absolute Gasteiger partial charge is 0.137 e. The standard InChI is InChI=1S/C18H18N2/c1-13-6-9-18-19-17(12-20(18)11-13)16-8-7-14-4-2-3-5-15(14)10-16/h6-12H,2-5H2,1H3. The molecule has 0 radical (unpaired) electrons. The first-order valence-electron chi connectivity index (χ1n) is 7.37. The summed E-state index contributed by atoms with van der Waals surface area (Å²) >= 11 is 0. The summed E-state index contributed by atoms with van der Waals surface area (Å²) in [6.45, 7) is 2.11. The van der Waals surface area contributed by atoms with Crippen molar-refractivity contribution in [1.82, 2.24) is 9.38 Å². The first kappa shape index (κ1) is 11.7. The Balaban J connectivity index is 1.82. The van der Waals surface area contributed by atoms with Crippen molar-refractivity contribution in [3.63, 3.8) is 0 Å². The Morgan fingerprint density at radius 3 is 2.70 bits per heavy atom. The quantitative estimate of drug-likeness (QED) is 0.643. The van der Waals surface area contributed by atoms with Gasteiger partial charge in [-0.2, -0.15) is 0 Å². The Hall–Kier alpha value is -2.09. The summed E-state index contributed by atoms with van der Waals surface area (Å²) in [6.07, 6.45) is 9.37. The number of benzene rings is 1. The third-order valence-electron chi connectivity index (χ3n) is 4.24. The van der Waals surface area contributed by atoms with Gasteiger partial charge in [0.2, 0.25) is 0 Å². The molecule has 0 spiro atoms. The molecule has 2 heterocycles. The number of hydrogen-bond acceptors (Lipinski definition) is 1. The van der Waals surface area contributed by atoms with Crippen molar-refractivity contribution in [2.24, 2.45) is 0 Å². The maximum atomic E-state index is 4.74. The van der Waals surface area contributed by atoms with Crippen LogP contribution in [0.2, 0.25) is 0 Å². The van der Waals surface area contributed by atoms with Crippen LogP contribution in [0.3, 0.4) is 0 Å². The van der Waals surface area contributed by atoms with Crippen molar-refractivity contribution in [2.75, 3.05) is 0 Å². The van der Waals surface area contributed by atoms with E-state index in [1.54, 1.807) is 0 Å². The van der Waals surface area contributed by atoms with Crippen LogP contribution in [0, 0.1) is 6.92 Å². The lowest BCUT2D eigenvalue weighted by atomic mass is 9.90. The summed E-state index contributed by atoms with van der Waals surface area (Å²) in [5.74, 6) is 0. The zero-order chi connectivity index (χ0) is 13.5. The first-order chi connectivity index (χ1) is 9.79. The van der Waals surface area contributed by atoms with Crippen molar-refractivity contribution in [2.45, 2.75) is 32.6 Å². The molecule has 2 aromatic heterocycles. The highest BCUT2D eigenvalue weighted by molar-refractivity contribution is 5.64. The van der Waals surface area contributed by atoms with E-state index in [1.807, 2.05) is 0 Å². The van der Waals surface area contributed by atoms with Crippen LogP contribution in [0.25, 0.3) is 16.9 Å². The number of imidazole rings is 1. The van der Waals surface area contributed by atoms with E-state index >= 15 is 0 Å². The number of hydrogen-bond donors (Lipinski definition) is 0. The van der Waals surface area contributed by atoms with Crippen LogP contribution in [-0.2, 0) is 12.8 Å². The van der Waals surface area contributed by atoms with Gasteiger partial charge in [-0.15, -0.1) is 0 Å². The predicted molar refractivity (Wildman–Crippen MR) is 82.0 cm³/mol. The van der Waals surface area contributed by atoms with E-state index in [0.717, 1.165) is 11.3 Å². The van der Waals surface area contributed by atoms with Crippen molar-refractivity contribution < 1.29 is 0 Å². The minimum atomic E-state index is 1.02. The lowest BCUT2D eigenvalue weighted by molar-refractivity contribution is 0.686. The van der Waals surface area contributed by atoms with Crippen molar-refractivity contribution >= 4 is 5.65 Å². The zero-order valence-corrected chi connectivity index (χ0v) is 11.8. The average Bonchev–Trinajstić information content (AvgIpc) is 2.89. The minimum Gasteiger partial charge on any atom is -0.306 e. The third-order valence-corrected chi connectivity index (χ3v) is 4.24. The summed E-state index contributed by atoms with van der Waals surface area (Å²) in [6, 6.07) is 11.0. The van der Waals surface area contributed by atoms with Gasteiger partial charge in [0.1, 0.15) is 5.65 Å². The lowest BCUT2D eigenvalue weighted by Crippen LogP contribution is -2.02. The van der Waals surface area contributed by atoms with E-state index < -0.39 is 0 Å². The molecule has 1 aliphatic rings. The number of fused-ring (bicyclic) bond motifs is 2. The monoisotopic (exact) mass is 262 g/mol. The van der Waals surface area contributed by atoms with Crippen LogP contribution in [0.5, 0.6) is 0 Å². The Bertz CT molecular complexity index is 783. The highest BCUT2D eigenvalue weighted by Crippen LogP contribution is 2.27. The zero-order valence-electron chi connectivity index (χ0n) is 11.8. The second kappa shape index (κ2) is 4.48. The van der Waals surface area contributed by atoms with E-state index in [-0.39, 0.29) is 0 Å². The van der Waals surface area contributed by atoms with E-state index in [4.69, 9.17) is 4.98 Å². The molecular weight excluding hydrogens is 244 g/mol. The molecule has 3 aromatic rings. The van der Waals surface area contributed by atoms with E-state index in [2.05, 4.69) is 54.0 Å². The number of nitrogens with zero attached hydrogens (tertiary/aromatic N) is 2. The molecule has 0 amide bonds. The summed E-state index contributed by atoms with van der Waals surface area (Å²) in [5, 5.41) is 0. The van der Waals surface area contributed by atoms with Gasteiger partial charge in [-0.3, -0.25) is 0 Å². The Kier molecular flexibility index (Phi) is 2.62. The molecule has 1 aliphatic carbocycles. The van der Waals surface area contributed by atoms with Gasteiger partial charge in [-0.25, -0.2) is 4.98 Å². The molecule has 0 fully saturated rings. The van der Waals surface area contributed by atoms with Crippen molar-refractivity contribution in [3.05, 3.63) is 59.4 Å². The maximum absolute atomic E-state index is 4.74.